The van der Waals surface area contributed by atoms with Gasteiger partial charge in [-0.2, -0.15) is 0 Å². The molecular formula is C12H26N2O6S. The van der Waals surface area contributed by atoms with Gasteiger partial charge < -0.3 is 19.5 Å². The summed E-state index contributed by atoms with van der Waals surface area (Å²) < 4.78 is 31.7. The van der Waals surface area contributed by atoms with Gasteiger partial charge in [-0.05, 0) is 0 Å². The van der Waals surface area contributed by atoms with Crippen molar-refractivity contribution < 1.29 is 32.1 Å². The second-order valence-corrected chi connectivity index (χ2v) is 6.83. The van der Waals surface area contributed by atoms with Crippen LogP contribution in [-0.4, -0.2) is 74.4 Å². The average molecular weight is 326 g/mol. The van der Waals surface area contributed by atoms with E-state index in [9.17, 15) is 22.6 Å². The predicted octanol–water partition coefficient (Wildman–Crippen LogP) is -0.385. The molecule has 0 aromatic carbocycles. The number of carboxylic acid groups (broad SMARTS) is 1. The maximum atomic E-state index is 10.4. The molecule has 0 saturated heterocycles. The first-order valence-corrected chi connectivity index (χ1v) is 8.13. The van der Waals surface area contributed by atoms with Crippen LogP contribution >= 0.6 is 0 Å². The summed E-state index contributed by atoms with van der Waals surface area (Å²) in [5.41, 5.74) is 0. The molecule has 0 heterocycles. The number of amides is 1. The molecule has 0 aromatic heterocycles. The van der Waals surface area contributed by atoms with E-state index in [1.54, 1.807) is 7.05 Å². The molecule has 0 aliphatic heterocycles. The fraction of sp³-hybridized carbons (Fsp3) is 0.833. The van der Waals surface area contributed by atoms with Crippen molar-refractivity contribution >= 4 is 22.0 Å². The van der Waals surface area contributed by atoms with Crippen LogP contribution in [0.25, 0.3) is 0 Å². The molecule has 0 spiro atoms. The number of hydrogen-bond acceptors (Lipinski definition) is 5. The molecule has 2 N–H and O–H groups in total. The number of hydrogen-bond donors (Lipinski definition) is 2. The first kappa shape index (κ1) is 22.1. The van der Waals surface area contributed by atoms with E-state index in [2.05, 4.69) is 5.32 Å². The van der Waals surface area contributed by atoms with Gasteiger partial charge in [0.05, 0.1) is 43.7 Å². The summed E-state index contributed by atoms with van der Waals surface area (Å²) in [5, 5.41) is 10.9. The lowest BCUT2D eigenvalue weighted by molar-refractivity contribution is -0.890. The average Bonchev–Trinajstić information content (AvgIpc) is 2.26. The molecule has 0 aliphatic rings. The van der Waals surface area contributed by atoms with E-state index in [1.807, 2.05) is 14.1 Å². The zero-order valence-electron chi connectivity index (χ0n) is 13.1. The Morgan fingerprint density at radius 2 is 1.62 bits per heavy atom. The third-order valence-corrected chi connectivity index (χ3v) is 3.45. The molecule has 21 heavy (non-hydrogen) atoms. The van der Waals surface area contributed by atoms with Crippen LogP contribution in [0.1, 0.15) is 26.2 Å². The summed E-state index contributed by atoms with van der Waals surface area (Å²) >= 11 is 0. The minimum Gasteiger partial charge on any atom is -0.748 e. The highest BCUT2D eigenvalue weighted by Gasteiger charge is 2.15. The lowest BCUT2D eigenvalue weighted by Crippen LogP contribution is -2.42. The van der Waals surface area contributed by atoms with Crippen LogP contribution in [0.2, 0.25) is 0 Å². The molecule has 0 aromatic rings. The van der Waals surface area contributed by atoms with Crippen molar-refractivity contribution in [2.45, 2.75) is 26.2 Å². The van der Waals surface area contributed by atoms with Gasteiger partial charge in [0.1, 0.15) is 0 Å². The maximum absolute atomic E-state index is 10.4. The van der Waals surface area contributed by atoms with Crippen molar-refractivity contribution in [1.82, 2.24) is 5.32 Å². The summed E-state index contributed by atoms with van der Waals surface area (Å²) in [4.78, 5) is 20.0. The number of rotatable bonds is 8. The Bertz CT molecular complexity index is 419. The van der Waals surface area contributed by atoms with Crippen molar-refractivity contribution in [2.24, 2.45) is 0 Å². The lowest BCUT2D eigenvalue weighted by atomic mass is 10.2. The molecule has 0 rings (SSSR count). The fourth-order valence-corrected chi connectivity index (χ4v) is 1.92. The highest BCUT2D eigenvalue weighted by atomic mass is 32.2. The van der Waals surface area contributed by atoms with Crippen molar-refractivity contribution in [1.29, 1.82) is 0 Å². The Morgan fingerprint density at radius 3 is 1.95 bits per heavy atom. The third-order valence-electron chi connectivity index (χ3n) is 2.66. The van der Waals surface area contributed by atoms with Crippen LogP contribution < -0.4 is 5.32 Å². The van der Waals surface area contributed by atoms with Gasteiger partial charge in [0.2, 0.25) is 5.91 Å². The van der Waals surface area contributed by atoms with E-state index in [4.69, 9.17) is 5.11 Å². The highest BCUT2D eigenvalue weighted by Crippen LogP contribution is 2.04. The Labute approximate surface area is 126 Å². The number of carboxylic acids is 1. The van der Waals surface area contributed by atoms with Gasteiger partial charge in [-0.25, -0.2) is 8.42 Å². The number of quaternary nitrogens is 1. The predicted molar refractivity (Wildman–Crippen MR) is 77.6 cm³/mol. The molecule has 0 bridgehead atoms. The smallest absolute Gasteiger partial charge is 0.303 e. The van der Waals surface area contributed by atoms with Gasteiger partial charge in [-0.1, -0.05) is 0 Å². The topological polar surface area (TPSA) is 124 Å². The van der Waals surface area contributed by atoms with Gasteiger partial charge in [0, 0.05) is 32.6 Å². The Hall–Kier alpha value is -1.19. The molecular weight excluding hydrogens is 300 g/mol. The number of nitrogens with zero attached hydrogens (tertiary/aromatic N) is 1. The maximum Gasteiger partial charge on any atom is 0.303 e. The Morgan fingerprint density at radius 1 is 1.19 bits per heavy atom. The van der Waals surface area contributed by atoms with Crippen molar-refractivity contribution in [3.63, 3.8) is 0 Å². The number of aliphatic carboxylic acids is 1. The number of carbonyl (C=O) groups is 2. The van der Waals surface area contributed by atoms with Gasteiger partial charge in [0.25, 0.3) is 0 Å². The summed E-state index contributed by atoms with van der Waals surface area (Å²) in [6.07, 6.45) is 0.972. The van der Waals surface area contributed by atoms with Crippen molar-refractivity contribution in [3.05, 3.63) is 0 Å². The molecule has 0 radical (unpaired) electrons. The van der Waals surface area contributed by atoms with Gasteiger partial charge in [0.15, 0.2) is 0 Å². The molecule has 1 amide bonds. The van der Waals surface area contributed by atoms with E-state index < -0.39 is 16.1 Å². The second kappa shape index (κ2) is 10.5. The molecule has 0 fully saturated rings. The number of nitrogens with one attached hydrogen (secondary N) is 1. The molecule has 126 valence electrons. The monoisotopic (exact) mass is 326 g/mol. The molecule has 0 unspecified atom stereocenters. The third kappa shape index (κ3) is 21.3. The van der Waals surface area contributed by atoms with Crippen LogP contribution in [0.5, 0.6) is 0 Å². The first-order valence-electron chi connectivity index (χ1n) is 6.55. The van der Waals surface area contributed by atoms with Crippen LogP contribution in [-0.2, 0) is 19.7 Å². The van der Waals surface area contributed by atoms with Crippen LogP contribution in [0.15, 0.2) is 0 Å². The van der Waals surface area contributed by atoms with Gasteiger partial charge >= 0.3 is 5.97 Å². The van der Waals surface area contributed by atoms with E-state index in [1.165, 1.54) is 6.92 Å². The normalized spacial score (nSPS) is 11.3. The van der Waals surface area contributed by atoms with Crippen molar-refractivity contribution in [2.75, 3.05) is 40.0 Å². The van der Waals surface area contributed by atoms with Crippen LogP contribution in [0.4, 0.5) is 0 Å². The fourth-order valence-electron chi connectivity index (χ4n) is 1.44. The standard InChI is InChI=1S/C9H19NO5S.C3H7NO/c1-10(2,6-3-5-9(11)12)7-4-8-16(13,14)15;1-3(5)4-2/h3-8H2,1-2H3,(H-,11,12,13,14,15);1-2H3,(H,4,5). The minimum atomic E-state index is -4.13. The largest absolute Gasteiger partial charge is 0.748 e. The molecule has 0 saturated carbocycles. The van der Waals surface area contributed by atoms with E-state index in [-0.39, 0.29) is 18.1 Å². The summed E-state index contributed by atoms with van der Waals surface area (Å²) in [5.74, 6) is -1.18. The quantitative estimate of drug-likeness (QED) is 0.463. The lowest BCUT2D eigenvalue weighted by Gasteiger charge is -2.29. The zero-order chi connectivity index (χ0) is 17.1. The minimum absolute atomic E-state index is 0.00463. The van der Waals surface area contributed by atoms with E-state index in [0.29, 0.717) is 30.4 Å². The van der Waals surface area contributed by atoms with Crippen molar-refractivity contribution in [3.8, 4) is 0 Å². The summed E-state index contributed by atoms with van der Waals surface area (Å²) in [6, 6.07) is 0. The molecule has 8 nitrogen and oxygen atoms in total. The van der Waals surface area contributed by atoms with Gasteiger partial charge in [-0.3, -0.25) is 9.59 Å². The Balaban J connectivity index is 0. The summed E-state index contributed by atoms with van der Waals surface area (Å²) in [7, 11) is 1.24. The van der Waals surface area contributed by atoms with E-state index in [0.717, 1.165) is 0 Å². The zero-order valence-corrected chi connectivity index (χ0v) is 13.9. The van der Waals surface area contributed by atoms with E-state index >= 15 is 0 Å². The molecule has 9 heteroatoms. The van der Waals surface area contributed by atoms with Gasteiger partial charge in [-0.15, -0.1) is 0 Å². The number of carbonyl (C=O) groups excluding carboxylic acids is 1. The SMILES string of the molecule is CNC(C)=O.C[N+](C)(CCCC(=O)O)CCCS(=O)(=O)[O-]. The first-order chi connectivity index (χ1) is 9.39. The second-order valence-electron chi connectivity index (χ2n) is 5.30. The van der Waals surface area contributed by atoms with Crippen LogP contribution in [0, 0.1) is 0 Å². The molecule has 0 aliphatic carbocycles. The molecule has 0 atom stereocenters. The van der Waals surface area contributed by atoms with Crippen LogP contribution in [0.3, 0.4) is 0 Å². The highest BCUT2D eigenvalue weighted by molar-refractivity contribution is 7.85. The Kier molecular flexibility index (Phi) is 11.1. The summed E-state index contributed by atoms with van der Waals surface area (Å²) in [6.45, 7) is 2.69.